The van der Waals surface area contributed by atoms with Gasteiger partial charge in [-0.2, -0.15) is 4.99 Å². The van der Waals surface area contributed by atoms with Crippen LogP contribution in [-0.4, -0.2) is 11.7 Å². The first-order valence-electron chi connectivity index (χ1n) is 5.24. The van der Waals surface area contributed by atoms with Crippen LogP contribution < -0.4 is 5.32 Å². The molecule has 0 unspecified atom stereocenters. The molecule has 0 amide bonds. The van der Waals surface area contributed by atoms with E-state index in [1.54, 1.807) is 18.2 Å². The SMILES string of the molecule is C=C1C=CC(N=C=O)(Nc2ccccc2)C=C1. The molecule has 2 rings (SSSR count). The van der Waals surface area contributed by atoms with Gasteiger partial charge in [0.05, 0.1) is 0 Å². The molecule has 0 atom stereocenters. The van der Waals surface area contributed by atoms with Crippen molar-refractivity contribution in [2.45, 2.75) is 5.66 Å². The van der Waals surface area contributed by atoms with Gasteiger partial charge in [-0.25, -0.2) is 4.79 Å². The van der Waals surface area contributed by atoms with Crippen LogP contribution in [0.1, 0.15) is 0 Å². The van der Waals surface area contributed by atoms with Crippen LogP contribution in [0.5, 0.6) is 0 Å². The first kappa shape index (κ1) is 11.1. The van der Waals surface area contributed by atoms with Gasteiger partial charge >= 0.3 is 0 Å². The van der Waals surface area contributed by atoms with E-state index in [1.807, 2.05) is 42.5 Å². The van der Waals surface area contributed by atoms with Crippen LogP contribution in [0.25, 0.3) is 0 Å². The zero-order valence-corrected chi connectivity index (χ0v) is 9.26. The number of hydrogen-bond donors (Lipinski definition) is 1. The van der Waals surface area contributed by atoms with E-state index in [1.165, 1.54) is 0 Å². The van der Waals surface area contributed by atoms with E-state index in [4.69, 9.17) is 0 Å². The summed E-state index contributed by atoms with van der Waals surface area (Å²) in [5, 5.41) is 3.17. The summed E-state index contributed by atoms with van der Waals surface area (Å²) in [6.45, 7) is 3.81. The fourth-order valence-electron chi connectivity index (χ4n) is 1.59. The third-order valence-electron chi connectivity index (χ3n) is 2.45. The second kappa shape index (κ2) is 4.64. The standard InChI is InChI=1S/C14H12N2O/c1-12-7-9-14(10-8-12,15-11-17)16-13-5-3-2-4-6-13/h2-10,16H,1H2. The van der Waals surface area contributed by atoms with Crippen molar-refractivity contribution in [1.29, 1.82) is 0 Å². The molecule has 0 bridgehead atoms. The minimum absolute atomic E-state index is 0.857. The Balaban J connectivity index is 2.31. The van der Waals surface area contributed by atoms with Crippen molar-refractivity contribution in [1.82, 2.24) is 0 Å². The predicted molar refractivity (Wildman–Crippen MR) is 68.3 cm³/mol. The highest BCUT2D eigenvalue weighted by Gasteiger charge is 2.24. The van der Waals surface area contributed by atoms with Gasteiger partial charge in [0.25, 0.3) is 0 Å². The summed E-state index contributed by atoms with van der Waals surface area (Å²) >= 11 is 0. The lowest BCUT2D eigenvalue weighted by molar-refractivity contribution is 0.557. The van der Waals surface area contributed by atoms with Crippen molar-refractivity contribution in [2.75, 3.05) is 5.32 Å². The fourth-order valence-corrected chi connectivity index (χ4v) is 1.59. The fraction of sp³-hybridized carbons (Fsp3) is 0.0714. The van der Waals surface area contributed by atoms with E-state index in [0.717, 1.165) is 11.3 Å². The average molecular weight is 224 g/mol. The Bertz CT molecular complexity index is 506. The number of hydrogen-bond acceptors (Lipinski definition) is 3. The van der Waals surface area contributed by atoms with Gasteiger partial charge in [-0.1, -0.05) is 36.9 Å². The first-order valence-corrected chi connectivity index (χ1v) is 5.24. The Morgan fingerprint density at radius 1 is 1.18 bits per heavy atom. The normalized spacial score (nSPS) is 16.4. The Morgan fingerprint density at radius 2 is 1.82 bits per heavy atom. The molecule has 0 saturated heterocycles. The molecule has 0 spiro atoms. The number of allylic oxidation sites excluding steroid dienone is 3. The van der Waals surface area contributed by atoms with E-state index < -0.39 is 5.66 Å². The maximum absolute atomic E-state index is 10.5. The molecule has 1 aliphatic carbocycles. The van der Waals surface area contributed by atoms with Gasteiger partial charge in [0.15, 0.2) is 5.66 Å². The van der Waals surface area contributed by atoms with Crippen LogP contribution in [0.3, 0.4) is 0 Å². The quantitative estimate of drug-likeness (QED) is 0.633. The number of nitrogens with zero attached hydrogens (tertiary/aromatic N) is 1. The Kier molecular flexibility index (Phi) is 3.03. The lowest BCUT2D eigenvalue weighted by Gasteiger charge is -2.26. The monoisotopic (exact) mass is 224 g/mol. The molecule has 0 fully saturated rings. The van der Waals surface area contributed by atoms with Crippen LogP contribution in [0.4, 0.5) is 5.69 Å². The van der Waals surface area contributed by atoms with Crippen LogP contribution in [0.15, 0.2) is 71.8 Å². The van der Waals surface area contributed by atoms with Crippen molar-refractivity contribution in [2.24, 2.45) is 4.99 Å². The molecule has 1 N–H and O–H groups in total. The van der Waals surface area contributed by atoms with Crippen LogP contribution >= 0.6 is 0 Å². The van der Waals surface area contributed by atoms with Crippen LogP contribution in [0, 0.1) is 0 Å². The number of aliphatic imine (C=N–C) groups is 1. The van der Waals surface area contributed by atoms with Crippen LogP contribution in [0.2, 0.25) is 0 Å². The van der Waals surface area contributed by atoms with Gasteiger partial charge in [0.1, 0.15) is 0 Å². The third kappa shape index (κ3) is 2.60. The summed E-state index contributed by atoms with van der Waals surface area (Å²) < 4.78 is 0. The molecule has 0 saturated carbocycles. The lowest BCUT2D eigenvalue weighted by atomic mass is 10.0. The number of benzene rings is 1. The van der Waals surface area contributed by atoms with E-state index in [0.29, 0.717) is 0 Å². The molecule has 1 aromatic rings. The number of carbonyl (C=O) groups excluding carboxylic acids is 1. The molecule has 0 aromatic heterocycles. The van der Waals surface area contributed by atoms with Gasteiger partial charge in [0, 0.05) is 5.69 Å². The number of anilines is 1. The highest BCUT2D eigenvalue weighted by atomic mass is 16.1. The van der Waals surface area contributed by atoms with Gasteiger partial charge in [0.2, 0.25) is 6.08 Å². The van der Waals surface area contributed by atoms with E-state index in [9.17, 15) is 4.79 Å². The summed E-state index contributed by atoms with van der Waals surface area (Å²) in [5.41, 5.74) is 0.898. The van der Waals surface area contributed by atoms with Crippen LogP contribution in [-0.2, 0) is 4.79 Å². The molecule has 1 aliphatic rings. The molecule has 0 aliphatic heterocycles. The number of para-hydroxylation sites is 1. The van der Waals surface area contributed by atoms with Gasteiger partial charge in [-0.3, -0.25) is 0 Å². The zero-order valence-electron chi connectivity index (χ0n) is 9.26. The molecule has 3 nitrogen and oxygen atoms in total. The van der Waals surface area contributed by atoms with Crippen molar-refractivity contribution >= 4 is 11.8 Å². The summed E-state index contributed by atoms with van der Waals surface area (Å²) in [5.74, 6) is 0. The van der Waals surface area contributed by atoms with Crippen molar-refractivity contribution < 1.29 is 4.79 Å². The average Bonchev–Trinajstić information content (AvgIpc) is 2.35. The molecular weight excluding hydrogens is 212 g/mol. The van der Waals surface area contributed by atoms with Gasteiger partial charge in [-0.05, 0) is 29.9 Å². The Hall–Kier alpha value is -2.38. The smallest absolute Gasteiger partial charge is 0.238 e. The van der Waals surface area contributed by atoms with E-state index in [-0.39, 0.29) is 0 Å². The molecule has 17 heavy (non-hydrogen) atoms. The third-order valence-corrected chi connectivity index (χ3v) is 2.45. The van der Waals surface area contributed by atoms with Crippen molar-refractivity contribution in [3.05, 3.63) is 66.8 Å². The largest absolute Gasteiger partial charge is 0.354 e. The van der Waals surface area contributed by atoms with Crippen molar-refractivity contribution in [3.8, 4) is 0 Å². The molecule has 84 valence electrons. The molecule has 3 heteroatoms. The maximum atomic E-state index is 10.5. The van der Waals surface area contributed by atoms with Gasteiger partial charge < -0.3 is 5.32 Å². The summed E-state index contributed by atoms with van der Waals surface area (Å²) in [6, 6.07) is 9.57. The highest BCUT2D eigenvalue weighted by molar-refractivity contribution is 5.54. The number of nitrogens with one attached hydrogen (secondary N) is 1. The Labute approximate surface area is 99.9 Å². The zero-order chi connectivity index (χ0) is 12.1. The lowest BCUT2D eigenvalue weighted by Crippen LogP contribution is -2.32. The predicted octanol–water partition coefficient (Wildman–Crippen LogP) is 2.81. The summed E-state index contributed by atoms with van der Waals surface area (Å²) in [4.78, 5) is 14.3. The van der Waals surface area contributed by atoms with E-state index >= 15 is 0 Å². The molecule has 0 radical (unpaired) electrons. The molecular formula is C14H12N2O. The van der Waals surface area contributed by atoms with E-state index in [2.05, 4.69) is 16.9 Å². The summed E-state index contributed by atoms with van der Waals surface area (Å²) in [7, 11) is 0. The first-order chi connectivity index (χ1) is 8.24. The Morgan fingerprint density at radius 3 is 2.41 bits per heavy atom. The maximum Gasteiger partial charge on any atom is 0.238 e. The number of rotatable bonds is 3. The molecule has 1 aromatic carbocycles. The second-order valence-electron chi connectivity index (χ2n) is 3.76. The minimum atomic E-state index is -0.857. The highest BCUT2D eigenvalue weighted by Crippen LogP contribution is 2.23. The van der Waals surface area contributed by atoms with Crippen molar-refractivity contribution in [3.63, 3.8) is 0 Å². The summed E-state index contributed by atoms with van der Waals surface area (Å²) in [6.07, 6.45) is 8.80. The number of isocyanates is 1. The molecule has 0 heterocycles. The van der Waals surface area contributed by atoms with Gasteiger partial charge in [-0.15, -0.1) is 0 Å². The minimum Gasteiger partial charge on any atom is -0.354 e. The second-order valence-corrected chi connectivity index (χ2v) is 3.76. The topological polar surface area (TPSA) is 41.5 Å².